The molecular weight excluding hydrogens is 400 g/mol. The quantitative estimate of drug-likeness (QED) is 0.671. The van der Waals surface area contributed by atoms with Gasteiger partial charge in [-0.3, -0.25) is 19.3 Å². The lowest BCUT2D eigenvalue weighted by atomic mass is 9.61. The van der Waals surface area contributed by atoms with E-state index in [1.165, 1.54) is 12.1 Å². The van der Waals surface area contributed by atoms with Crippen LogP contribution < -0.4 is 5.43 Å². The van der Waals surface area contributed by atoms with Crippen LogP contribution in [0.2, 0.25) is 0 Å². The van der Waals surface area contributed by atoms with Crippen molar-refractivity contribution in [2.24, 2.45) is 11.3 Å². The Morgan fingerprint density at radius 3 is 2.68 bits per heavy atom. The maximum Gasteiger partial charge on any atom is 0.314 e. The summed E-state index contributed by atoms with van der Waals surface area (Å²) in [6, 6.07) is 3.03. The Bertz CT molecular complexity index is 877. The average Bonchev–Trinajstić information content (AvgIpc) is 2.78. The van der Waals surface area contributed by atoms with Gasteiger partial charge < -0.3 is 18.8 Å². The van der Waals surface area contributed by atoms with Gasteiger partial charge in [-0.2, -0.15) is 0 Å². The van der Waals surface area contributed by atoms with E-state index in [1.807, 2.05) is 6.92 Å². The van der Waals surface area contributed by atoms with Crippen LogP contribution in [0.15, 0.2) is 21.3 Å². The molecule has 1 amide bonds. The summed E-state index contributed by atoms with van der Waals surface area (Å²) in [6.07, 6.45) is 3.26. The maximum absolute atomic E-state index is 13.2. The summed E-state index contributed by atoms with van der Waals surface area (Å²) in [5.41, 5.74) is -0.954. The number of fused-ring (bicyclic) bond motifs is 1. The summed E-state index contributed by atoms with van der Waals surface area (Å²) in [5.74, 6) is 0.0601. The van der Waals surface area contributed by atoms with Gasteiger partial charge in [-0.05, 0) is 45.4 Å². The Balaban J connectivity index is 1.55. The topological polar surface area (TPSA) is 89.3 Å². The van der Waals surface area contributed by atoms with Crippen molar-refractivity contribution in [3.8, 4) is 0 Å². The van der Waals surface area contributed by atoms with Crippen molar-refractivity contribution >= 4 is 11.9 Å². The third kappa shape index (κ3) is 4.41. The third-order valence-electron chi connectivity index (χ3n) is 7.11. The highest BCUT2D eigenvalue weighted by atomic mass is 16.5. The molecule has 0 radical (unpaired) electrons. The second-order valence-corrected chi connectivity index (χ2v) is 8.93. The first-order chi connectivity index (χ1) is 14.9. The van der Waals surface area contributed by atoms with Gasteiger partial charge in [0.05, 0.1) is 25.2 Å². The third-order valence-corrected chi connectivity index (χ3v) is 7.11. The van der Waals surface area contributed by atoms with E-state index in [4.69, 9.17) is 13.9 Å². The zero-order valence-electron chi connectivity index (χ0n) is 18.4. The number of ether oxygens (including phenoxy) is 2. The van der Waals surface area contributed by atoms with E-state index in [9.17, 15) is 14.4 Å². The molecule has 1 aromatic heterocycles. The lowest BCUT2D eigenvalue weighted by Gasteiger charge is -2.52. The predicted molar refractivity (Wildman–Crippen MR) is 113 cm³/mol. The molecule has 4 rings (SSSR count). The fraction of sp³-hybridized carbons (Fsp3) is 0.696. The number of rotatable bonds is 4. The Kier molecular flexibility index (Phi) is 6.48. The van der Waals surface area contributed by atoms with Crippen molar-refractivity contribution in [3.05, 3.63) is 33.9 Å². The Labute approximate surface area is 182 Å². The minimum atomic E-state index is -0.698. The van der Waals surface area contributed by atoms with Gasteiger partial charge in [0.2, 0.25) is 0 Å². The van der Waals surface area contributed by atoms with Crippen molar-refractivity contribution in [3.63, 3.8) is 0 Å². The summed E-state index contributed by atoms with van der Waals surface area (Å²) >= 11 is 0. The van der Waals surface area contributed by atoms with Crippen LogP contribution in [-0.4, -0.2) is 73.7 Å². The van der Waals surface area contributed by atoms with E-state index in [2.05, 4.69) is 4.90 Å². The first-order valence-electron chi connectivity index (χ1n) is 11.3. The molecule has 0 N–H and O–H groups in total. The van der Waals surface area contributed by atoms with E-state index < -0.39 is 5.41 Å². The molecular formula is C23H32N2O6. The van der Waals surface area contributed by atoms with Crippen LogP contribution in [0.25, 0.3) is 0 Å². The highest BCUT2D eigenvalue weighted by Gasteiger charge is 2.54. The number of likely N-dealkylation sites (tertiary alicyclic amines) is 1. The Morgan fingerprint density at radius 1 is 1.19 bits per heavy atom. The number of esters is 1. The van der Waals surface area contributed by atoms with Crippen molar-refractivity contribution in [2.75, 3.05) is 46.0 Å². The normalized spacial score (nSPS) is 29.3. The molecule has 0 bridgehead atoms. The molecule has 1 saturated carbocycles. The molecule has 3 fully saturated rings. The molecule has 1 aromatic rings. The van der Waals surface area contributed by atoms with Crippen LogP contribution >= 0.6 is 0 Å². The second kappa shape index (κ2) is 9.12. The monoisotopic (exact) mass is 432 g/mol. The molecule has 3 heterocycles. The van der Waals surface area contributed by atoms with Crippen LogP contribution in [0, 0.1) is 18.3 Å². The zero-order chi connectivity index (χ0) is 22.0. The molecule has 31 heavy (non-hydrogen) atoms. The van der Waals surface area contributed by atoms with Gasteiger partial charge in [-0.1, -0.05) is 0 Å². The largest absolute Gasteiger partial charge is 0.466 e. The molecule has 2 saturated heterocycles. The van der Waals surface area contributed by atoms with E-state index in [0.717, 1.165) is 45.6 Å². The molecule has 0 unspecified atom stereocenters. The molecule has 1 aliphatic carbocycles. The van der Waals surface area contributed by atoms with Gasteiger partial charge in [0.1, 0.15) is 5.76 Å². The van der Waals surface area contributed by atoms with Gasteiger partial charge in [-0.25, -0.2) is 0 Å². The summed E-state index contributed by atoms with van der Waals surface area (Å²) in [6.45, 7) is 8.01. The van der Waals surface area contributed by atoms with Gasteiger partial charge >= 0.3 is 5.97 Å². The Morgan fingerprint density at radius 2 is 1.97 bits per heavy atom. The van der Waals surface area contributed by atoms with Gasteiger partial charge in [0.25, 0.3) is 5.91 Å². The molecule has 2 aliphatic heterocycles. The zero-order valence-corrected chi connectivity index (χ0v) is 18.4. The number of amides is 1. The van der Waals surface area contributed by atoms with E-state index >= 15 is 0 Å². The summed E-state index contributed by atoms with van der Waals surface area (Å²) in [7, 11) is 0. The van der Waals surface area contributed by atoms with Crippen LogP contribution in [-0.2, 0) is 14.3 Å². The molecule has 170 valence electrons. The highest BCUT2D eigenvalue weighted by Crippen LogP contribution is 2.48. The highest BCUT2D eigenvalue weighted by molar-refractivity contribution is 5.92. The van der Waals surface area contributed by atoms with Crippen molar-refractivity contribution < 1.29 is 23.5 Å². The van der Waals surface area contributed by atoms with E-state index in [-0.39, 0.29) is 29.0 Å². The minimum absolute atomic E-state index is 0.0319. The fourth-order valence-corrected chi connectivity index (χ4v) is 5.55. The van der Waals surface area contributed by atoms with Gasteiger partial charge in [0.15, 0.2) is 11.2 Å². The summed E-state index contributed by atoms with van der Waals surface area (Å²) < 4.78 is 16.5. The van der Waals surface area contributed by atoms with Crippen molar-refractivity contribution in [1.29, 1.82) is 0 Å². The number of morpholine rings is 1. The molecule has 3 atom stereocenters. The average molecular weight is 433 g/mol. The first-order valence-corrected chi connectivity index (χ1v) is 11.3. The number of nitrogens with zero attached hydrogens (tertiary/aromatic N) is 2. The minimum Gasteiger partial charge on any atom is -0.466 e. The number of carbonyl (C=O) groups excluding carboxylic acids is 2. The van der Waals surface area contributed by atoms with Crippen molar-refractivity contribution in [1.82, 2.24) is 9.80 Å². The van der Waals surface area contributed by atoms with Gasteiger partial charge in [-0.15, -0.1) is 0 Å². The summed E-state index contributed by atoms with van der Waals surface area (Å²) in [4.78, 5) is 42.3. The van der Waals surface area contributed by atoms with E-state index in [1.54, 1.807) is 11.8 Å². The fourth-order valence-electron chi connectivity index (χ4n) is 5.55. The molecule has 3 aliphatic rings. The second-order valence-electron chi connectivity index (χ2n) is 8.93. The number of carbonyl (C=O) groups is 2. The first kappa shape index (κ1) is 22.0. The SMILES string of the molecule is CCOC(=O)[C@@]12CC[C@H](N3CCOCC3)C[C@H]1CCN(C(=O)c1cc(=O)cc(C)o1)C2. The lowest BCUT2D eigenvalue weighted by Crippen LogP contribution is -2.59. The standard InChI is InChI=1S/C23H32N2O6/c1-3-30-22(28)23-6-4-18(24-8-10-29-11-9-24)13-17(23)5-7-25(15-23)21(27)20-14-19(26)12-16(2)31-20/h12,14,17-18H,3-11,13,15H2,1-2H3/t17-,18+,23-/m1/s1. The van der Waals surface area contributed by atoms with E-state index in [0.29, 0.717) is 37.9 Å². The van der Waals surface area contributed by atoms with Crippen LogP contribution in [0.3, 0.4) is 0 Å². The predicted octanol–water partition coefficient (Wildman–Crippen LogP) is 1.84. The molecule has 0 aromatic carbocycles. The molecule has 8 nitrogen and oxygen atoms in total. The van der Waals surface area contributed by atoms with Crippen LogP contribution in [0.5, 0.6) is 0 Å². The van der Waals surface area contributed by atoms with Crippen LogP contribution in [0.4, 0.5) is 0 Å². The molecule has 8 heteroatoms. The lowest BCUT2D eigenvalue weighted by molar-refractivity contribution is -0.168. The van der Waals surface area contributed by atoms with Crippen molar-refractivity contribution in [2.45, 2.75) is 45.6 Å². The number of aryl methyl sites for hydroxylation is 1. The number of piperidine rings is 1. The molecule has 0 spiro atoms. The number of hydrogen-bond donors (Lipinski definition) is 0. The Hall–Kier alpha value is -2.19. The van der Waals surface area contributed by atoms with Gasteiger partial charge in [0, 0.05) is 44.4 Å². The smallest absolute Gasteiger partial charge is 0.314 e. The summed E-state index contributed by atoms with van der Waals surface area (Å²) in [5, 5.41) is 0. The number of hydrogen-bond acceptors (Lipinski definition) is 7. The maximum atomic E-state index is 13.2. The van der Waals surface area contributed by atoms with Crippen LogP contribution in [0.1, 0.15) is 48.9 Å².